The number of nitrogen functional groups attached to an aromatic ring is 1. The molecule has 3 aromatic rings. The zero-order valence-electron chi connectivity index (χ0n) is 13.9. The van der Waals surface area contributed by atoms with E-state index in [0.29, 0.717) is 18.2 Å². The van der Waals surface area contributed by atoms with Crippen molar-refractivity contribution in [2.45, 2.75) is 19.5 Å². The van der Waals surface area contributed by atoms with Gasteiger partial charge in [0, 0.05) is 37.5 Å². The molecule has 4 rings (SSSR count). The van der Waals surface area contributed by atoms with Crippen LogP contribution in [-0.4, -0.2) is 21.5 Å². The van der Waals surface area contributed by atoms with Crippen molar-refractivity contribution in [1.82, 2.24) is 15.0 Å². The van der Waals surface area contributed by atoms with E-state index in [1.807, 2.05) is 12.3 Å². The Hall–Kier alpha value is -3.15. The fourth-order valence-electron chi connectivity index (χ4n) is 3.18. The number of nitrogens with one attached hydrogen (secondary N) is 1. The van der Waals surface area contributed by atoms with Crippen molar-refractivity contribution in [2.75, 3.05) is 22.5 Å². The lowest BCUT2D eigenvalue weighted by atomic mass is 9.99. The maximum atomic E-state index is 5.71. The molecule has 0 atom stereocenters. The zero-order chi connectivity index (χ0) is 17.1. The van der Waals surface area contributed by atoms with Gasteiger partial charge >= 0.3 is 0 Å². The van der Waals surface area contributed by atoms with Gasteiger partial charge < -0.3 is 16.0 Å². The summed E-state index contributed by atoms with van der Waals surface area (Å²) < 4.78 is 0. The monoisotopic (exact) mass is 332 g/mol. The highest BCUT2D eigenvalue weighted by Gasteiger charge is 2.19. The van der Waals surface area contributed by atoms with Crippen LogP contribution in [0.3, 0.4) is 0 Å². The number of hydrogen-bond donors (Lipinski definition) is 2. The van der Waals surface area contributed by atoms with E-state index in [9.17, 15) is 0 Å². The molecule has 6 nitrogen and oxygen atoms in total. The molecule has 2 aromatic heterocycles. The Morgan fingerprint density at radius 1 is 1.04 bits per heavy atom. The van der Waals surface area contributed by atoms with E-state index < -0.39 is 0 Å². The second-order valence-electron chi connectivity index (χ2n) is 6.11. The van der Waals surface area contributed by atoms with Crippen LogP contribution < -0.4 is 16.0 Å². The number of nitrogens with two attached hydrogens (primary N) is 1. The van der Waals surface area contributed by atoms with Crippen LogP contribution in [0.25, 0.3) is 0 Å². The van der Waals surface area contributed by atoms with Crippen molar-refractivity contribution < 1.29 is 0 Å². The lowest BCUT2D eigenvalue weighted by molar-refractivity contribution is 0.716. The van der Waals surface area contributed by atoms with Crippen molar-refractivity contribution in [1.29, 1.82) is 0 Å². The first-order valence-corrected chi connectivity index (χ1v) is 8.36. The van der Waals surface area contributed by atoms with Crippen LogP contribution in [-0.2, 0) is 19.5 Å². The standard InChI is InChI=1S/C19H20N6/c20-17-10-18(24-13-23-17)22-11-15-6-3-8-21-19(15)25-9-7-14-4-1-2-5-16(14)12-25/h1-6,8,10,13H,7,9,11-12H2,(H3,20,22,23,24). The van der Waals surface area contributed by atoms with Gasteiger partial charge in [0.2, 0.25) is 0 Å². The van der Waals surface area contributed by atoms with Gasteiger partial charge in [-0.25, -0.2) is 15.0 Å². The summed E-state index contributed by atoms with van der Waals surface area (Å²) in [4.78, 5) is 15.1. The fourth-order valence-corrected chi connectivity index (χ4v) is 3.18. The van der Waals surface area contributed by atoms with Crippen LogP contribution in [0.4, 0.5) is 17.5 Å². The molecule has 0 unspecified atom stereocenters. The number of rotatable bonds is 4. The molecule has 1 aromatic carbocycles. The maximum Gasteiger partial charge on any atom is 0.133 e. The van der Waals surface area contributed by atoms with E-state index in [0.717, 1.165) is 30.9 Å². The largest absolute Gasteiger partial charge is 0.384 e. The van der Waals surface area contributed by atoms with E-state index in [2.05, 4.69) is 55.5 Å². The van der Waals surface area contributed by atoms with Gasteiger partial charge in [0.25, 0.3) is 0 Å². The van der Waals surface area contributed by atoms with Crippen LogP contribution in [0.2, 0.25) is 0 Å². The van der Waals surface area contributed by atoms with E-state index >= 15 is 0 Å². The van der Waals surface area contributed by atoms with Crippen molar-refractivity contribution in [3.63, 3.8) is 0 Å². The van der Waals surface area contributed by atoms with Crippen LogP contribution in [0.15, 0.2) is 55.0 Å². The minimum atomic E-state index is 0.455. The molecule has 0 aliphatic carbocycles. The highest BCUT2D eigenvalue weighted by Crippen LogP contribution is 2.26. The molecule has 1 aliphatic rings. The van der Waals surface area contributed by atoms with Crippen molar-refractivity contribution in [3.8, 4) is 0 Å². The molecular weight excluding hydrogens is 312 g/mol. The Kier molecular flexibility index (Phi) is 4.16. The van der Waals surface area contributed by atoms with Gasteiger partial charge in [-0.1, -0.05) is 30.3 Å². The first-order valence-electron chi connectivity index (χ1n) is 8.36. The van der Waals surface area contributed by atoms with Gasteiger partial charge in [-0.05, 0) is 23.6 Å². The average molecular weight is 332 g/mol. The molecule has 3 N–H and O–H groups in total. The lowest BCUT2D eigenvalue weighted by Crippen LogP contribution is -2.32. The minimum Gasteiger partial charge on any atom is -0.384 e. The molecule has 0 radical (unpaired) electrons. The molecule has 1 aliphatic heterocycles. The van der Waals surface area contributed by atoms with E-state index in [1.54, 1.807) is 6.07 Å². The number of pyridine rings is 1. The molecule has 25 heavy (non-hydrogen) atoms. The van der Waals surface area contributed by atoms with Crippen molar-refractivity contribution >= 4 is 17.5 Å². The third-order valence-electron chi connectivity index (χ3n) is 4.45. The smallest absolute Gasteiger partial charge is 0.133 e. The van der Waals surface area contributed by atoms with E-state index in [1.165, 1.54) is 17.5 Å². The van der Waals surface area contributed by atoms with Crippen LogP contribution in [0.5, 0.6) is 0 Å². The normalized spacial score (nSPS) is 13.4. The average Bonchev–Trinajstić information content (AvgIpc) is 2.66. The Morgan fingerprint density at radius 3 is 2.80 bits per heavy atom. The summed E-state index contributed by atoms with van der Waals surface area (Å²) in [6.45, 7) is 2.50. The van der Waals surface area contributed by atoms with Crippen LogP contribution in [0.1, 0.15) is 16.7 Å². The Labute approximate surface area is 146 Å². The minimum absolute atomic E-state index is 0.455. The molecule has 0 spiro atoms. The summed E-state index contributed by atoms with van der Waals surface area (Å²) in [6.07, 6.45) is 4.35. The number of anilines is 3. The summed E-state index contributed by atoms with van der Waals surface area (Å²) in [5.74, 6) is 2.19. The quantitative estimate of drug-likeness (QED) is 0.764. The SMILES string of the molecule is Nc1cc(NCc2cccnc2N2CCc3ccccc3C2)ncn1. The summed E-state index contributed by atoms with van der Waals surface area (Å²) in [7, 11) is 0. The Balaban J connectivity index is 1.53. The number of fused-ring (bicyclic) bond motifs is 1. The summed E-state index contributed by atoms with van der Waals surface area (Å²) in [5, 5.41) is 3.30. The Morgan fingerprint density at radius 2 is 1.92 bits per heavy atom. The summed E-state index contributed by atoms with van der Waals surface area (Å²) in [6, 6.07) is 14.4. The molecule has 0 bridgehead atoms. The van der Waals surface area contributed by atoms with Gasteiger partial charge in [0.15, 0.2) is 0 Å². The highest BCUT2D eigenvalue weighted by molar-refractivity contribution is 5.52. The summed E-state index contributed by atoms with van der Waals surface area (Å²) >= 11 is 0. The maximum absolute atomic E-state index is 5.71. The van der Waals surface area contributed by atoms with Crippen LogP contribution >= 0.6 is 0 Å². The predicted octanol–water partition coefficient (Wildman–Crippen LogP) is 2.63. The lowest BCUT2D eigenvalue weighted by Gasteiger charge is -2.31. The van der Waals surface area contributed by atoms with Gasteiger partial charge in [0.1, 0.15) is 23.8 Å². The van der Waals surface area contributed by atoms with E-state index in [4.69, 9.17) is 5.73 Å². The molecule has 3 heterocycles. The molecular formula is C19H20N6. The summed E-state index contributed by atoms with van der Waals surface area (Å²) in [5.41, 5.74) is 9.66. The zero-order valence-corrected chi connectivity index (χ0v) is 13.9. The Bertz CT molecular complexity index is 879. The number of benzene rings is 1. The first kappa shape index (κ1) is 15.4. The van der Waals surface area contributed by atoms with Crippen molar-refractivity contribution in [3.05, 3.63) is 71.7 Å². The molecule has 6 heteroatoms. The number of hydrogen-bond acceptors (Lipinski definition) is 6. The number of nitrogens with zero attached hydrogens (tertiary/aromatic N) is 4. The van der Waals surface area contributed by atoms with Gasteiger partial charge in [-0.3, -0.25) is 0 Å². The number of aromatic nitrogens is 3. The molecule has 0 amide bonds. The predicted molar refractivity (Wildman–Crippen MR) is 99.2 cm³/mol. The third kappa shape index (κ3) is 3.38. The van der Waals surface area contributed by atoms with Crippen LogP contribution in [0, 0.1) is 0 Å². The molecule has 126 valence electrons. The molecule has 0 saturated heterocycles. The molecule has 0 saturated carbocycles. The van der Waals surface area contributed by atoms with Gasteiger partial charge in [-0.2, -0.15) is 0 Å². The fraction of sp³-hybridized carbons (Fsp3) is 0.211. The third-order valence-corrected chi connectivity index (χ3v) is 4.45. The second-order valence-corrected chi connectivity index (χ2v) is 6.11. The van der Waals surface area contributed by atoms with Crippen molar-refractivity contribution in [2.24, 2.45) is 0 Å². The second kappa shape index (κ2) is 6.76. The van der Waals surface area contributed by atoms with Gasteiger partial charge in [0.05, 0.1) is 0 Å². The first-order chi connectivity index (χ1) is 12.3. The highest BCUT2D eigenvalue weighted by atomic mass is 15.2. The topological polar surface area (TPSA) is 80.0 Å². The molecule has 0 fully saturated rings. The van der Waals surface area contributed by atoms with E-state index in [-0.39, 0.29) is 0 Å². The van der Waals surface area contributed by atoms with Gasteiger partial charge in [-0.15, -0.1) is 0 Å².